The van der Waals surface area contributed by atoms with Gasteiger partial charge >= 0.3 is 0 Å². The third-order valence-electron chi connectivity index (χ3n) is 2.73. The molecule has 0 aliphatic rings. The number of anilines is 1. The molecule has 1 atom stereocenters. The number of hydrogen-bond donors (Lipinski definition) is 2. The fourth-order valence-corrected chi connectivity index (χ4v) is 1.66. The highest BCUT2D eigenvalue weighted by Crippen LogP contribution is 2.17. The van der Waals surface area contributed by atoms with Gasteiger partial charge in [-0.05, 0) is 31.3 Å². The second kappa shape index (κ2) is 6.10. The Labute approximate surface area is 111 Å². The number of carbonyl (C=O) groups is 1. The fraction of sp³-hybridized carbons (Fsp3) is 0.308. The quantitative estimate of drug-likeness (QED) is 0.852. The Morgan fingerprint density at radius 2 is 2.11 bits per heavy atom. The molecule has 2 rings (SSSR count). The molecule has 19 heavy (non-hydrogen) atoms. The van der Waals surface area contributed by atoms with Crippen molar-refractivity contribution in [3.05, 3.63) is 30.7 Å². The number of nitrogens with zero attached hydrogens (tertiary/aromatic N) is 2. The summed E-state index contributed by atoms with van der Waals surface area (Å²) in [6, 6.07) is 7.30. The van der Waals surface area contributed by atoms with Crippen molar-refractivity contribution in [2.45, 2.75) is 6.92 Å². The molecule has 1 amide bonds. The molecule has 0 fully saturated rings. The van der Waals surface area contributed by atoms with Crippen LogP contribution in [0.1, 0.15) is 6.92 Å². The van der Waals surface area contributed by atoms with E-state index in [-0.39, 0.29) is 11.8 Å². The zero-order valence-electron chi connectivity index (χ0n) is 10.9. The summed E-state index contributed by atoms with van der Waals surface area (Å²) in [5, 5.41) is 9.58. The van der Waals surface area contributed by atoms with Crippen LogP contribution in [0.3, 0.4) is 0 Å². The summed E-state index contributed by atoms with van der Waals surface area (Å²) in [5.41, 5.74) is 1.59. The van der Waals surface area contributed by atoms with Gasteiger partial charge in [0.25, 0.3) is 0 Å². The van der Waals surface area contributed by atoms with E-state index in [0.29, 0.717) is 12.4 Å². The smallest absolute Gasteiger partial charge is 0.228 e. The van der Waals surface area contributed by atoms with Crippen molar-refractivity contribution in [1.29, 1.82) is 0 Å². The second-order valence-corrected chi connectivity index (χ2v) is 4.28. The maximum atomic E-state index is 11.8. The Balaban J connectivity index is 2.01. The number of amides is 1. The van der Waals surface area contributed by atoms with Gasteiger partial charge in [-0.2, -0.15) is 4.98 Å². The molecule has 2 N–H and O–H groups in total. The molecule has 6 nitrogen and oxygen atoms in total. The lowest BCUT2D eigenvalue weighted by atomic mass is 10.1. The first kappa shape index (κ1) is 13.2. The monoisotopic (exact) mass is 260 g/mol. The highest BCUT2D eigenvalue weighted by atomic mass is 16.5. The van der Waals surface area contributed by atoms with Crippen LogP contribution < -0.4 is 10.6 Å². The fourth-order valence-electron chi connectivity index (χ4n) is 1.66. The van der Waals surface area contributed by atoms with E-state index < -0.39 is 0 Å². The largest absolute Gasteiger partial charge is 0.342 e. The van der Waals surface area contributed by atoms with E-state index in [1.165, 1.54) is 6.39 Å². The third kappa shape index (κ3) is 3.38. The molecule has 0 aliphatic heterocycles. The number of nitrogens with one attached hydrogen (secondary N) is 2. The van der Waals surface area contributed by atoms with Crippen LogP contribution in [-0.4, -0.2) is 29.6 Å². The van der Waals surface area contributed by atoms with Gasteiger partial charge in [-0.3, -0.25) is 4.79 Å². The predicted molar refractivity (Wildman–Crippen MR) is 71.5 cm³/mol. The molecular weight excluding hydrogens is 244 g/mol. The van der Waals surface area contributed by atoms with Gasteiger partial charge in [0.05, 0.1) is 0 Å². The van der Waals surface area contributed by atoms with Gasteiger partial charge in [-0.1, -0.05) is 12.1 Å². The minimum absolute atomic E-state index is 0.0124. The highest BCUT2D eigenvalue weighted by Gasteiger charge is 2.12. The van der Waals surface area contributed by atoms with Crippen LogP contribution in [0.2, 0.25) is 0 Å². The Morgan fingerprint density at radius 1 is 1.37 bits per heavy atom. The molecule has 0 radical (unpaired) electrons. The van der Waals surface area contributed by atoms with Crippen molar-refractivity contribution in [1.82, 2.24) is 15.5 Å². The van der Waals surface area contributed by atoms with E-state index in [4.69, 9.17) is 0 Å². The van der Waals surface area contributed by atoms with Crippen LogP contribution in [0, 0.1) is 5.92 Å². The van der Waals surface area contributed by atoms with E-state index in [1.807, 2.05) is 38.2 Å². The Morgan fingerprint density at radius 3 is 2.68 bits per heavy atom. The zero-order valence-corrected chi connectivity index (χ0v) is 10.9. The molecule has 0 aliphatic carbocycles. The van der Waals surface area contributed by atoms with Crippen LogP contribution in [0.25, 0.3) is 11.4 Å². The predicted octanol–water partition coefficient (Wildman–Crippen LogP) is 1.53. The van der Waals surface area contributed by atoms with Crippen LogP contribution >= 0.6 is 0 Å². The molecule has 0 spiro atoms. The van der Waals surface area contributed by atoms with Crippen LogP contribution in [0.4, 0.5) is 5.69 Å². The zero-order chi connectivity index (χ0) is 13.7. The van der Waals surface area contributed by atoms with Crippen LogP contribution in [0.5, 0.6) is 0 Å². The standard InChI is InChI=1S/C13H16N4O2/c1-9(7-14-2)13(18)16-11-5-3-10(4-6-11)12-15-8-19-17-12/h3-6,8-9,14H,7H2,1-2H3,(H,16,18). The van der Waals surface area contributed by atoms with E-state index in [9.17, 15) is 4.79 Å². The van der Waals surface area contributed by atoms with E-state index in [0.717, 1.165) is 11.3 Å². The minimum Gasteiger partial charge on any atom is -0.342 e. The molecule has 0 bridgehead atoms. The lowest BCUT2D eigenvalue weighted by Crippen LogP contribution is -2.28. The average molecular weight is 260 g/mol. The van der Waals surface area contributed by atoms with E-state index >= 15 is 0 Å². The maximum Gasteiger partial charge on any atom is 0.228 e. The van der Waals surface area contributed by atoms with Crippen molar-refractivity contribution < 1.29 is 9.32 Å². The Kier molecular flexibility index (Phi) is 4.25. The van der Waals surface area contributed by atoms with Gasteiger partial charge in [0.15, 0.2) is 0 Å². The lowest BCUT2D eigenvalue weighted by molar-refractivity contribution is -0.119. The first-order chi connectivity index (χ1) is 9.20. The lowest BCUT2D eigenvalue weighted by Gasteiger charge is -2.11. The van der Waals surface area contributed by atoms with Crippen molar-refractivity contribution in [3.63, 3.8) is 0 Å². The second-order valence-electron chi connectivity index (χ2n) is 4.28. The van der Waals surface area contributed by atoms with Gasteiger partial charge < -0.3 is 15.2 Å². The Bertz CT molecular complexity index is 522. The summed E-state index contributed by atoms with van der Waals surface area (Å²) in [4.78, 5) is 15.8. The molecule has 1 heterocycles. The van der Waals surface area contributed by atoms with E-state index in [2.05, 4.69) is 25.3 Å². The molecule has 1 aromatic carbocycles. The topological polar surface area (TPSA) is 80.0 Å². The number of aromatic nitrogens is 2. The van der Waals surface area contributed by atoms with Gasteiger partial charge in [-0.25, -0.2) is 0 Å². The van der Waals surface area contributed by atoms with Gasteiger partial charge in [0, 0.05) is 23.7 Å². The number of rotatable bonds is 5. The first-order valence-corrected chi connectivity index (χ1v) is 6.03. The molecule has 0 saturated carbocycles. The molecule has 1 unspecified atom stereocenters. The normalized spacial score (nSPS) is 12.1. The summed E-state index contributed by atoms with van der Waals surface area (Å²) in [7, 11) is 1.82. The summed E-state index contributed by atoms with van der Waals surface area (Å²) < 4.78 is 4.68. The van der Waals surface area contributed by atoms with Crippen molar-refractivity contribution in [3.8, 4) is 11.4 Å². The SMILES string of the molecule is CNCC(C)C(=O)Nc1ccc(-c2ncon2)cc1. The molecule has 6 heteroatoms. The van der Waals surface area contributed by atoms with Crippen molar-refractivity contribution in [2.24, 2.45) is 5.92 Å². The summed E-state index contributed by atoms with van der Waals surface area (Å²) >= 11 is 0. The molecule has 1 aromatic heterocycles. The number of benzene rings is 1. The summed E-state index contributed by atoms with van der Waals surface area (Å²) in [5.74, 6) is 0.435. The van der Waals surface area contributed by atoms with Crippen LogP contribution in [0.15, 0.2) is 35.2 Å². The number of carbonyl (C=O) groups excluding carboxylic acids is 1. The number of hydrogen-bond acceptors (Lipinski definition) is 5. The maximum absolute atomic E-state index is 11.8. The average Bonchev–Trinajstić information content (AvgIpc) is 2.94. The molecule has 0 saturated heterocycles. The minimum atomic E-state index is -0.0816. The third-order valence-corrected chi connectivity index (χ3v) is 2.73. The highest BCUT2D eigenvalue weighted by molar-refractivity contribution is 5.92. The molecular formula is C13H16N4O2. The Hall–Kier alpha value is -2.21. The summed E-state index contributed by atoms with van der Waals surface area (Å²) in [6.07, 6.45) is 1.28. The van der Waals surface area contributed by atoms with Crippen molar-refractivity contribution in [2.75, 3.05) is 18.9 Å². The van der Waals surface area contributed by atoms with Gasteiger partial charge in [0.2, 0.25) is 18.1 Å². The summed E-state index contributed by atoms with van der Waals surface area (Å²) in [6.45, 7) is 2.52. The molecule has 100 valence electrons. The molecule has 2 aromatic rings. The van der Waals surface area contributed by atoms with Gasteiger partial charge in [0.1, 0.15) is 0 Å². The van der Waals surface area contributed by atoms with Crippen LogP contribution in [-0.2, 0) is 4.79 Å². The first-order valence-electron chi connectivity index (χ1n) is 6.03. The van der Waals surface area contributed by atoms with Gasteiger partial charge in [-0.15, -0.1) is 0 Å². The van der Waals surface area contributed by atoms with E-state index in [1.54, 1.807) is 0 Å². The van der Waals surface area contributed by atoms with Crippen molar-refractivity contribution >= 4 is 11.6 Å².